The number of ether oxygens (including phenoxy) is 1. The summed E-state index contributed by atoms with van der Waals surface area (Å²) in [7, 11) is -4.02. The van der Waals surface area contributed by atoms with Crippen molar-refractivity contribution in [1.29, 1.82) is 0 Å². The molecule has 1 aromatic heterocycles. The molecule has 0 saturated carbocycles. The van der Waals surface area contributed by atoms with E-state index >= 15 is 0 Å². The Morgan fingerprint density at radius 1 is 1.12 bits per heavy atom. The van der Waals surface area contributed by atoms with Gasteiger partial charge in [0.25, 0.3) is 0 Å². The lowest BCUT2D eigenvalue weighted by molar-refractivity contribution is 0.315. The Kier molecular flexibility index (Phi) is 5.34. The Hall–Kier alpha value is -2.31. The van der Waals surface area contributed by atoms with Crippen LogP contribution in [0.3, 0.4) is 0 Å². The maximum atomic E-state index is 12.7. The quantitative estimate of drug-likeness (QED) is 0.567. The maximum absolute atomic E-state index is 12.7. The van der Waals surface area contributed by atoms with Crippen molar-refractivity contribution in [1.82, 2.24) is 4.98 Å². The van der Waals surface area contributed by atoms with Gasteiger partial charge in [-0.2, -0.15) is 8.42 Å². The van der Waals surface area contributed by atoms with E-state index in [1.807, 2.05) is 6.92 Å². The molecule has 0 fully saturated rings. The molecule has 0 aliphatic rings. The van der Waals surface area contributed by atoms with E-state index in [1.54, 1.807) is 37.4 Å². The van der Waals surface area contributed by atoms with E-state index in [0.29, 0.717) is 28.3 Å². The molecule has 7 heteroatoms. The molecule has 3 aromatic rings. The second-order valence-corrected chi connectivity index (χ2v) is 7.71. The van der Waals surface area contributed by atoms with Crippen molar-refractivity contribution in [3.05, 3.63) is 59.2 Å². The van der Waals surface area contributed by atoms with Crippen LogP contribution >= 0.6 is 11.6 Å². The molecular formula is C19H18ClNO4S. The van der Waals surface area contributed by atoms with Crippen LogP contribution in [0.15, 0.2) is 53.6 Å². The van der Waals surface area contributed by atoms with E-state index in [-0.39, 0.29) is 10.6 Å². The van der Waals surface area contributed by atoms with Crippen LogP contribution in [0.1, 0.15) is 18.9 Å². The fourth-order valence-corrected chi connectivity index (χ4v) is 3.74. The predicted molar refractivity (Wildman–Crippen MR) is 102 cm³/mol. The van der Waals surface area contributed by atoms with Crippen LogP contribution in [0.5, 0.6) is 11.5 Å². The summed E-state index contributed by atoms with van der Waals surface area (Å²) in [6, 6.07) is 11.2. The molecular weight excluding hydrogens is 374 g/mol. The van der Waals surface area contributed by atoms with Gasteiger partial charge in [-0.25, -0.2) is 0 Å². The van der Waals surface area contributed by atoms with Gasteiger partial charge >= 0.3 is 10.1 Å². The Bertz CT molecular complexity index is 1050. The molecule has 2 aromatic carbocycles. The molecule has 0 bridgehead atoms. The molecule has 0 radical (unpaired) electrons. The number of halogens is 1. The van der Waals surface area contributed by atoms with Gasteiger partial charge in [-0.1, -0.05) is 18.5 Å². The van der Waals surface area contributed by atoms with E-state index in [9.17, 15) is 8.42 Å². The van der Waals surface area contributed by atoms with Gasteiger partial charge in [0.1, 0.15) is 16.2 Å². The van der Waals surface area contributed by atoms with E-state index in [0.717, 1.165) is 12.0 Å². The molecule has 0 N–H and O–H groups in total. The minimum atomic E-state index is -4.02. The molecule has 1 heterocycles. The summed E-state index contributed by atoms with van der Waals surface area (Å²) in [5.74, 6) is 0.790. The Morgan fingerprint density at radius 2 is 1.88 bits per heavy atom. The average molecular weight is 392 g/mol. The number of rotatable bonds is 6. The molecule has 0 aliphatic carbocycles. The number of benzene rings is 2. The van der Waals surface area contributed by atoms with Gasteiger partial charge in [0.2, 0.25) is 0 Å². The smallest absolute Gasteiger partial charge is 0.339 e. The van der Waals surface area contributed by atoms with Crippen molar-refractivity contribution < 1.29 is 17.3 Å². The van der Waals surface area contributed by atoms with Gasteiger partial charge in [-0.15, -0.1) is 0 Å². The summed E-state index contributed by atoms with van der Waals surface area (Å²) in [6.07, 6.45) is 2.43. The van der Waals surface area contributed by atoms with Crippen LogP contribution in [0, 0.1) is 6.92 Å². The lowest BCUT2D eigenvalue weighted by atomic mass is 10.2. The highest BCUT2D eigenvalue weighted by molar-refractivity contribution is 7.87. The number of fused-ring (bicyclic) bond motifs is 1. The van der Waals surface area contributed by atoms with Crippen molar-refractivity contribution in [2.75, 3.05) is 6.61 Å². The lowest BCUT2D eigenvalue weighted by Gasteiger charge is -2.12. The number of pyridine rings is 1. The van der Waals surface area contributed by atoms with Crippen molar-refractivity contribution in [2.45, 2.75) is 25.2 Å². The number of hydrogen-bond acceptors (Lipinski definition) is 5. The summed E-state index contributed by atoms with van der Waals surface area (Å²) in [5.41, 5.74) is 1.12. The van der Waals surface area contributed by atoms with Crippen LogP contribution in [0.2, 0.25) is 5.02 Å². The van der Waals surface area contributed by atoms with Gasteiger partial charge in [-0.3, -0.25) is 4.98 Å². The first kappa shape index (κ1) is 18.5. The standard InChI is InChI=1S/C19H18ClNO4S/c1-3-11-24-17-8-6-14(12-13(17)2)26(22,23)25-18-9-7-16(20)15-5-4-10-21-19(15)18/h4-10,12H,3,11H2,1-2H3. The minimum Gasteiger partial charge on any atom is -0.493 e. The number of nitrogens with zero attached hydrogens (tertiary/aromatic N) is 1. The number of aryl methyl sites for hydroxylation is 1. The SMILES string of the molecule is CCCOc1ccc(S(=O)(=O)Oc2ccc(Cl)c3cccnc23)cc1C. The Morgan fingerprint density at radius 3 is 2.62 bits per heavy atom. The van der Waals surface area contributed by atoms with Crippen LogP contribution < -0.4 is 8.92 Å². The zero-order valence-electron chi connectivity index (χ0n) is 14.4. The van der Waals surface area contributed by atoms with Crippen molar-refractivity contribution in [2.24, 2.45) is 0 Å². The molecule has 0 amide bonds. The normalized spacial score (nSPS) is 11.5. The third-order valence-corrected chi connectivity index (χ3v) is 5.34. The molecule has 26 heavy (non-hydrogen) atoms. The maximum Gasteiger partial charge on any atom is 0.339 e. The monoisotopic (exact) mass is 391 g/mol. The fourth-order valence-electron chi connectivity index (χ4n) is 2.50. The number of aromatic nitrogens is 1. The van der Waals surface area contributed by atoms with E-state index in [2.05, 4.69) is 4.98 Å². The molecule has 0 atom stereocenters. The van der Waals surface area contributed by atoms with Gasteiger partial charge in [0.15, 0.2) is 5.75 Å². The zero-order valence-corrected chi connectivity index (χ0v) is 16.0. The average Bonchev–Trinajstić information content (AvgIpc) is 2.63. The van der Waals surface area contributed by atoms with Crippen LogP contribution in [-0.4, -0.2) is 20.0 Å². The molecule has 0 unspecified atom stereocenters. The van der Waals surface area contributed by atoms with E-state index in [4.69, 9.17) is 20.5 Å². The van der Waals surface area contributed by atoms with Gasteiger partial charge in [-0.05, 0) is 61.4 Å². The van der Waals surface area contributed by atoms with Gasteiger partial charge in [0.05, 0.1) is 11.6 Å². The topological polar surface area (TPSA) is 65.5 Å². The lowest BCUT2D eigenvalue weighted by Crippen LogP contribution is -2.11. The van der Waals surface area contributed by atoms with Gasteiger partial charge in [0, 0.05) is 11.6 Å². The summed E-state index contributed by atoms with van der Waals surface area (Å²) < 4.78 is 36.3. The fraction of sp³-hybridized carbons (Fsp3) is 0.211. The van der Waals surface area contributed by atoms with Crippen molar-refractivity contribution in [3.63, 3.8) is 0 Å². The van der Waals surface area contributed by atoms with Crippen LogP contribution in [0.4, 0.5) is 0 Å². The van der Waals surface area contributed by atoms with Gasteiger partial charge < -0.3 is 8.92 Å². The van der Waals surface area contributed by atoms with Crippen LogP contribution in [0.25, 0.3) is 10.9 Å². The Labute approximate surface area is 157 Å². The van der Waals surface area contributed by atoms with Crippen molar-refractivity contribution >= 4 is 32.6 Å². The first-order valence-electron chi connectivity index (χ1n) is 8.13. The molecule has 5 nitrogen and oxygen atoms in total. The second kappa shape index (κ2) is 7.51. The third kappa shape index (κ3) is 3.76. The molecule has 136 valence electrons. The first-order chi connectivity index (χ1) is 12.4. The largest absolute Gasteiger partial charge is 0.493 e. The summed E-state index contributed by atoms with van der Waals surface area (Å²) in [6.45, 7) is 4.38. The molecule has 0 saturated heterocycles. The predicted octanol–water partition coefficient (Wildman–Crippen LogP) is 4.75. The first-order valence-corrected chi connectivity index (χ1v) is 9.92. The molecule has 3 rings (SSSR count). The van der Waals surface area contributed by atoms with Crippen molar-refractivity contribution in [3.8, 4) is 11.5 Å². The van der Waals surface area contributed by atoms with E-state index in [1.165, 1.54) is 18.2 Å². The molecule has 0 spiro atoms. The van der Waals surface area contributed by atoms with E-state index < -0.39 is 10.1 Å². The third-order valence-electron chi connectivity index (χ3n) is 3.78. The minimum absolute atomic E-state index is 0.0536. The van der Waals surface area contributed by atoms with Crippen LogP contribution in [-0.2, 0) is 10.1 Å². The second-order valence-electron chi connectivity index (χ2n) is 5.76. The molecule has 0 aliphatic heterocycles. The summed E-state index contributed by atoms with van der Waals surface area (Å²) in [4.78, 5) is 4.24. The summed E-state index contributed by atoms with van der Waals surface area (Å²) >= 11 is 6.14. The number of hydrogen-bond donors (Lipinski definition) is 0. The highest BCUT2D eigenvalue weighted by Gasteiger charge is 2.20. The zero-order chi connectivity index (χ0) is 18.7. The summed E-state index contributed by atoms with van der Waals surface area (Å²) in [5, 5.41) is 1.10. The Balaban J connectivity index is 1.95. The highest BCUT2D eigenvalue weighted by Crippen LogP contribution is 2.32. The highest BCUT2D eigenvalue weighted by atomic mass is 35.5.